The summed E-state index contributed by atoms with van der Waals surface area (Å²) >= 11 is 0. The average Bonchev–Trinajstić information content (AvgIpc) is 2.79. The highest BCUT2D eigenvalue weighted by Gasteiger charge is 2.31. The molecule has 9 heteroatoms. The lowest BCUT2D eigenvalue weighted by atomic mass is 9.94. The molecular formula is C23H30N8O. The van der Waals surface area contributed by atoms with E-state index in [0.717, 1.165) is 74.7 Å². The van der Waals surface area contributed by atoms with Crippen molar-refractivity contribution in [2.75, 3.05) is 62.7 Å². The molecule has 0 saturated carbocycles. The van der Waals surface area contributed by atoms with Crippen molar-refractivity contribution in [3.05, 3.63) is 35.2 Å². The molecule has 0 aromatic carbocycles. The molecule has 0 atom stereocenters. The van der Waals surface area contributed by atoms with Crippen LogP contribution in [0.3, 0.4) is 0 Å². The Morgan fingerprint density at radius 2 is 1.75 bits per heavy atom. The van der Waals surface area contributed by atoms with Crippen molar-refractivity contribution in [1.29, 1.82) is 0 Å². The number of aryl methyl sites for hydroxylation is 1. The molecule has 2 fully saturated rings. The van der Waals surface area contributed by atoms with Crippen LogP contribution in [0.5, 0.6) is 0 Å². The monoisotopic (exact) mass is 434 g/mol. The molecule has 2 aromatic heterocycles. The largest absolute Gasteiger partial charge is 0.384 e. The molecule has 4 rings (SSSR count). The molecule has 0 aliphatic carbocycles. The molecule has 0 radical (unpaired) electrons. The third kappa shape index (κ3) is 4.92. The van der Waals surface area contributed by atoms with E-state index in [1.54, 1.807) is 12.3 Å². The van der Waals surface area contributed by atoms with Gasteiger partial charge in [0.05, 0.1) is 11.3 Å². The third-order valence-electron chi connectivity index (χ3n) is 6.16. The molecule has 4 N–H and O–H groups in total. The standard InChI is InChI=1S/C23H30N8O/c1-16-19(5-3-17-4-6-20(24)26-15-17)21(28-23(25)27-16)30-9-7-18(8-10-30)22(32)31-13-11-29(2)12-14-31/h4,6,15,18H,7-14H2,1-2H3,(H2,24,26)(H2,25,27,28). The summed E-state index contributed by atoms with van der Waals surface area (Å²) in [5.41, 5.74) is 13.9. The number of amides is 1. The van der Waals surface area contributed by atoms with Crippen LogP contribution < -0.4 is 16.4 Å². The zero-order valence-corrected chi connectivity index (χ0v) is 18.7. The smallest absolute Gasteiger partial charge is 0.225 e. The number of hydrogen-bond acceptors (Lipinski definition) is 8. The summed E-state index contributed by atoms with van der Waals surface area (Å²) in [6.07, 6.45) is 3.23. The minimum atomic E-state index is 0.0605. The van der Waals surface area contributed by atoms with Gasteiger partial charge in [0.1, 0.15) is 11.6 Å². The summed E-state index contributed by atoms with van der Waals surface area (Å²) in [7, 11) is 2.10. The van der Waals surface area contributed by atoms with Crippen molar-refractivity contribution >= 4 is 23.5 Å². The Bertz CT molecular complexity index is 1030. The Hall–Kier alpha value is -3.38. The second-order valence-corrected chi connectivity index (χ2v) is 8.48. The fourth-order valence-electron chi connectivity index (χ4n) is 4.19. The summed E-state index contributed by atoms with van der Waals surface area (Å²) in [5.74, 6) is 8.08. The number of likely N-dealkylation sites (N-methyl/N-ethyl adjacent to an activating group) is 1. The lowest BCUT2D eigenvalue weighted by molar-refractivity contribution is -0.137. The van der Waals surface area contributed by atoms with Gasteiger partial charge in [-0.25, -0.2) is 9.97 Å². The van der Waals surface area contributed by atoms with Crippen LogP contribution in [0.15, 0.2) is 18.3 Å². The SMILES string of the molecule is Cc1nc(N)nc(N2CCC(C(=O)N3CCN(C)CC3)CC2)c1C#Cc1ccc(N)nc1. The molecule has 32 heavy (non-hydrogen) atoms. The summed E-state index contributed by atoms with van der Waals surface area (Å²) in [6, 6.07) is 3.55. The molecule has 0 bridgehead atoms. The van der Waals surface area contributed by atoms with E-state index < -0.39 is 0 Å². The Balaban J connectivity index is 1.48. The number of pyridine rings is 1. The van der Waals surface area contributed by atoms with E-state index in [0.29, 0.717) is 5.82 Å². The predicted octanol–water partition coefficient (Wildman–Crippen LogP) is 0.735. The van der Waals surface area contributed by atoms with Crippen LogP contribution in [0.25, 0.3) is 0 Å². The zero-order chi connectivity index (χ0) is 22.7. The van der Waals surface area contributed by atoms with Gasteiger partial charge in [-0.2, -0.15) is 4.98 Å². The highest BCUT2D eigenvalue weighted by atomic mass is 16.2. The second kappa shape index (κ2) is 9.40. The maximum absolute atomic E-state index is 13.0. The van der Waals surface area contributed by atoms with Gasteiger partial charge in [-0.15, -0.1) is 0 Å². The minimum Gasteiger partial charge on any atom is -0.384 e. The molecule has 1 amide bonds. The van der Waals surface area contributed by atoms with E-state index in [4.69, 9.17) is 11.5 Å². The molecule has 2 aromatic rings. The van der Waals surface area contributed by atoms with Gasteiger partial charge < -0.3 is 26.2 Å². The van der Waals surface area contributed by atoms with Gasteiger partial charge in [-0.3, -0.25) is 4.79 Å². The van der Waals surface area contributed by atoms with E-state index >= 15 is 0 Å². The summed E-state index contributed by atoms with van der Waals surface area (Å²) in [5, 5.41) is 0. The van der Waals surface area contributed by atoms with Crippen LogP contribution in [0, 0.1) is 24.7 Å². The highest BCUT2D eigenvalue weighted by Crippen LogP contribution is 2.27. The highest BCUT2D eigenvalue weighted by molar-refractivity contribution is 5.79. The van der Waals surface area contributed by atoms with E-state index in [2.05, 4.69) is 43.6 Å². The summed E-state index contributed by atoms with van der Waals surface area (Å²) in [6.45, 7) is 6.87. The molecule has 2 aliphatic heterocycles. The molecule has 2 aliphatic rings. The van der Waals surface area contributed by atoms with Crippen LogP contribution in [0.4, 0.5) is 17.6 Å². The van der Waals surface area contributed by atoms with E-state index in [9.17, 15) is 4.79 Å². The first kappa shape index (κ1) is 21.8. The van der Waals surface area contributed by atoms with E-state index in [1.165, 1.54) is 0 Å². The van der Waals surface area contributed by atoms with Crippen LogP contribution in [0.1, 0.15) is 29.7 Å². The van der Waals surface area contributed by atoms with Crippen LogP contribution in [-0.4, -0.2) is 77.0 Å². The number of piperazine rings is 1. The lowest BCUT2D eigenvalue weighted by Gasteiger charge is -2.38. The Kier molecular flexibility index (Phi) is 6.42. The predicted molar refractivity (Wildman–Crippen MR) is 125 cm³/mol. The molecule has 168 valence electrons. The molecule has 0 unspecified atom stereocenters. The fourth-order valence-corrected chi connectivity index (χ4v) is 4.19. The Morgan fingerprint density at radius 1 is 1.03 bits per heavy atom. The van der Waals surface area contributed by atoms with Crippen molar-refractivity contribution in [2.45, 2.75) is 19.8 Å². The van der Waals surface area contributed by atoms with Crippen LogP contribution in [-0.2, 0) is 4.79 Å². The van der Waals surface area contributed by atoms with Crippen LogP contribution in [0.2, 0.25) is 0 Å². The van der Waals surface area contributed by atoms with E-state index in [-0.39, 0.29) is 17.8 Å². The van der Waals surface area contributed by atoms with Crippen molar-refractivity contribution in [3.63, 3.8) is 0 Å². The molecule has 4 heterocycles. The van der Waals surface area contributed by atoms with Gasteiger partial charge in [0.15, 0.2) is 0 Å². The van der Waals surface area contributed by atoms with Crippen molar-refractivity contribution < 1.29 is 4.79 Å². The number of nitrogens with zero attached hydrogens (tertiary/aromatic N) is 6. The number of piperidine rings is 1. The van der Waals surface area contributed by atoms with Crippen molar-refractivity contribution in [1.82, 2.24) is 24.8 Å². The molecule has 2 saturated heterocycles. The fraction of sp³-hybridized carbons (Fsp3) is 0.478. The maximum Gasteiger partial charge on any atom is 0.225 e. The first-order valence-electron chi connectivity index (χ1n) is 11.0. The van der Waals surface area contributed by atoms with Gasteiger partial charge in [0, 0.05) is 56.9 Å². The first-order valence-corrected chi connectivity index (χ1v) is 11.0. The quantitative estimate of drug-likeness (QED) is 0.665. The number of rotatable bonds is 2. The average molecular weight is 435 g/mol. The van der Waals surface area contributed by atoms with Gasteiger partial charge >= 0.3 is 0 Å². The Labute approximate surface area is 188 Å². The maximum atomic E-state index is 13.0. The van der Waals surface area contributed by atoms with Crippen LogP contribution >= 0.6 is 0 Å². The molecular weight excluding hydrogens is 404 g/mol. The normalized spacial score (nSPS) is 17.7. The number of aromatic nitrogens is 3. The molecule has 9 nitrogen and oxygen atoms in total. The number of nitrogen functional groups attached to an aromatic ring is 2. The van der Waals surface area contributed by atoms with Gasteiger partial charge in [-0.1, -0.05) is 11.8 Å². The Morgan fingerprint density at radius 3 is 2.41 bits per heavy atom. The van der Waals surface area contributed by atoms with E-state index in [1.807, 2.05) is 17.9 Å². The number of nitrogens with two attached hydrogens (primary N) is 2. The van der Waals surface area contributed by atoms with Gasteiger partial charge in [0.2, 0.25) is 11.9 Å². The minimum absolute atomic E-state index is 0.0605. The third-order valence-corrected chi connectivity index (χ3v) is 6.16. The van der Waals surface area contributed by atoms with Gasteiger partial charge in [0.25, 0.3) is 0 Å². The van der Waals surface area contributed by atoms with Crippen molar-refractivity contribution in [3.8, 4) is 11.8 Å². The summed E-state index contributed by atoms with van der Waals surface area (Å²) in [4.78, 5) is 32.3. The lowest BCUT2D eigenvalue weighted by Crippen LogP contribution is -2.50. The summed E-state index contributed by atoms with van der Waals surface area (Å²) < 4.78 is 0. The van der Waals surface area contributed by atoms with Gasteiger partial charge in [-0.05, 0) is 38.9 Å². The molecule has 0 spiro atoms. The van der Waals surface area contributed by atoms with Crippen molar-refractivity contribution in [2.24, 2.45) is 5.92 Å². The first-order chi connectivity index (χ1) is 15.4. The second-order valence-electron chi connectivity index (χ2n) is 8.48. The number of carbonyl (C=O) groups is 1. The number of hydrogen-bond donors (Lipinski definition) is 2. The number of carbonyl (C=O) groups excluding carboxylic acids is 1. The topological polar surface area (TPSA) is 117 Å². The zero-order valence-electron chi connectivity index (χ0n) is 18.7. The number of anilines is 3.